The number of allylic oxidation sites excluding steroid dienone is 3. The van der Waals surface area contributed by atoms with Crippen LogP contribution < -0.4 is 10.6 Å². The van der Waals surface area contributed by atoms with Crippen molar-refractivity contribution in [1.29, 1.82) is 0 Å². The minimum absolute atomic E-state index is 0.0975. The molecule has 1 aliphatic carbocycles. The molecule has 22 heavy (non-hydrogen) atoms. The Balaban J connectivity index is 1.94. The monoisotopic (exact) mass is 294 g/mol. The van der Waals surface area contributed by atoms with E-state index in [0.717, 1.165) is 45.4 Å². The maximum absolute atomic E-state index is 5.92. The molecule has 0 saturated carbocycles. The molecule has 2 aliphatic rings. The molecule has 2 heterocycles. The second kappa shape index (κ2) is 4.32. The van der Waals surface area contributed by atoms with Crippen LogP contribution in [0.5, 0.6) is 0 Å². The molecule has 4 rings (SSSR count). The molecule has 1 aromatic heterocycles. The van der Waals surface area contributed by atoms with Gasteiger partial charge in [0.15, 0.2) is 5.58 Å². The third-order valence-corrected chi connectivity index (χ3v) is 4.04. The summed E-state index contributed by atoms with van der Waals surface area (Å²) in [7, 11) is 1.68. The van der Waals surface area contributed by atoms with Gasteiger partial charge in [0.1, 0.15) is 11.3 Å². The van der Waals surface area contributed by atoms with Crippen LogP contribution in [0.4, 0.5) is 0 Å². The summed E-state index contributed by atoms with van der Waals surface area (Å²) in [4.78, 5) is 9.36. The number of hydrogen-bond donors (Lipinski definition) is 0. The van der Waals surface area contributed by atoms with E-state index in [1.807, 2.05) is 12.1 Å². The van der Waals surface area contributed by atoms with Crippen molar-refractivity contribution < 1.29 is 9.15 Å². The Labute approximate surface area is 128 Å². The zero-order valence-corrected chi connectivity index (χ0v) is 13.2. The van der Waals surface area contributed by atoms with E-state index in [-0.39, 0.29) is 5.41 Å². The Morgan fingerprint density at radius 3 is 2.77 bits per heavy atom. The molecule has 0 atom stereocenters. The molecule has 0 N–H and O–H groups in total. The highest BCUT2D eigenvalue weighted by Gasteiger charge is 2.22. The lowest BCUT2D eigenvalue weighted by atomic mass is 9.97. The largest absolute Gasteiger partial charge is 0.497 e. The van der Waals surface area contributed by atoms with Crippen LogP contribution in [0.25, 0.3) is 16.7 Å². The van der Waals surface area contributed by atoms with Crippen LogP contribution in [0.3, 0.4) is 0 Å². The summed E-state index contributed by atoms with van der Waals surface area (Å²) in [5.74, 6) is 1.63. The van der Waals surface area contributed by atoms with Gasteiger partial charge in [-0.2, -0.15) is 0 Å². The Bertz CT molecular complexity index is 969. The maximum atomic E-state index is 5.92. The molecule has 4 nitrogen and oxygen atoms in total. The van der Waals surface area contributed by atoms with Crippen molar-refractivity contribution in [3.63, 3.8) is 0 Å². The van der Waals surface area contributed by atoms with Gasteiger partial charge < -0.3 is 9.15 Å². The summed E-state index contributed by atoms with van der Waals surface area (Å²) in [6.07, 6.45) is 4.90. The molecule has 0 unspecified atom stereocenters. The van der Waals surface area contributed by atoms with E-state index in [4.69, 9.17) is 14.1 Å². The van der Waals surface area contributed by atoms with Crippen molar-refractivity contribution in [2.45, 2.75) is 32.6 Å². The van der Waals surface area contributed by atoms with E-state index in [2.05, 4.69) is 37.9 Å². The lowest BCUT2D eigenvalue weighted by Gasteiger charge is -2.11. The van der Waals surface area contributed by atoms with Crippen LogP contribution in [0.15, 0.2) is 45.2 Å². The lowest BCUT2D eigenvalue weighted by molar-refractivity contribution is 0.304. The average molecular weight is 294 g/mol. The van der Waals surface area contributed by atoms with Gasteiger partial charge in [0.2, 0.25) is 5.89 Å². The number of benzene rings is 1. The molecule has 1 aliphatic heterocycles. The fourth-order valence-electron chi connectivity index (χ4n) is 2.83. The first-order chi connectivity index (χ1) is 10.5. The predicted molar refractivity (Wildman–Crippen MR) is 84.7 cm³/mol. The molecule has 0 saturated heterocycles. The molecule has 1 aromatic carbocycles. The first kappa shape index (κ1) is 13.3. The topological polar surface area (TPSA) is 47.6 Å². The van der Waals surface area contributed by atoms with Crippen molar-refractivity contribution in [1.82, 2.24) is 4.98 Å². The number of aromatic nitrogens is 1. The lowest BCUT2D eigenvalue weighted by Crippen LogP contribution is -2.22. The van der Waals surface area contributed by atoms with E-state index in [1.54, 1.807) is 7.11 Å². The Morgan fingerprint density at radius 1 is 1.23 bits per heavy atom. The van der Waals surface area contributed by atoms with Crippen molar-refractivity contribution in [3.05, 3.63) is 52.2 Å². The first-order valence-corrected chi connectivity index (χ1v) is 7.45. The zero-order valence-electron chi connectivity index (χ0n) is 13.2. The van der Waals surface area contributed by atoms with Gasteiger partial charge in [-0.1, -0.05) is 20.8 Å². The molecule has 0 fully saturated rings. The van der Waals surface area contributed by atoms with Crippen molar-refractivity contribution in [2.24, 2.45) is 4.99 Å². The van der Waals surface area contributed by atoms with Crippen molar-refractivity contribution in [2.75, 3.05) is 7.11 Å². The fourth-order valence-corrected chi connectivity index (χ4v) is 2.83. The van der Waals surface area contributed by atoms with Crippen LogP contribution in [-0.4, -0.2) is 12.1 Å². The second-order valence-electron chi connectivity index (χ2n) is 6.74. The van der Waals surface area contributed by atoms with Crippen LogP contribution in [0.1, 0.15) is 33.1 Å². The standard InChI is InChI=1S/C18H18N2O2/c1-18(2,3)17-20-15-8-12-11-6-5-10(21-4)7-13(11)19-14(12)9-16(15)22-17/h5,7-9H,6H2,1-4H3. The molecular weight excluding hydrogens is 276 g/mol. The van der Waals surface area contributed by atoms with E-state index in [1.165, 1.54) is 5.57 Å². The van der Waals surface area contributed by atoms with E-state index in [0.29, 0.717) is 0 Å². The first-order valence-electron chi connectivity index (χ1n) is 7.45. The number of fused-ring (bicyclic) bond motifs is 3. The highest BCUT2D eigenvalue weighted by molar-refractivity contribution is 5.77. The SMILES string of the molecule is COC1=CCC2=c3cc4nc(C(C)(C)C)oc4cc3=NC2=C1. The molecule has 4 heteroatoms. The van der Waals surface area contributed by atoms with Gasteiger partial charge in [0.25, 0.3) is 0 Å². The number of hydrogen-bond acceptors (Lipinski definition) is 4. The van der Waals surface area contributed by atoms with Gasteiger partial charge in [-0.15, -0.1) is 0 Å². The number of nitrogens with zero attached hydrogens (tertiary/aromatic N) is 2. The highest BCUT2D eigenvalue weighted by Crippen LogP contribution is 2.28. The average Bonchev–Trinajstić information content (AvgIpc) is 3.03. The maximum Gasteiger partial charge on any atom is 0.200 e. The number of oxazole rings is 1. The highest BCUT2D eigenvalue weighted by atomic mass is 16.5. The Hall–Kier alpha value is -2.36. The fraction of sp³-hybridized carbons (Fsp3) is 0.333. The van der Waals surface area contributed by atoms with Gasteiger partial charge in [0, 0.05) is 22.8 Å². The third kappa shape index (κ3) is 1.90. The summed E-state index contributed by atoms with van der Waals surface area (Å²) in [5, 5.41) is 2.11. The second-order valence-corrected chi connectivity index (χ2v) is 6.74. The van der Waals surface area contributed by atoms with Crippen molar-refractivity contribution >= 4 is 16.7 Å². The Kier molecular flexibility index (Phi) is 2.61. The molecule has 0 bridgehead atoms. The molecule has 0 radical (unpaired) electrons. The molecular formula is C18H18N2O2. The third-order valence-electron chi connectivity index (χ3n) is 4.04. The minimum atomic E-state index is -0.0975. The minimum Gasteiger partial charge on any atom is -0.497 e. The zero-order chi connectivity index (χ0) is 15.5. The van der Waals surface area contributed by atoms with Gasteiger partial charge in [-0.25, -0.2) is 9.98 Å². The summed E-state index contributed by atoms with van der Waals surface area (Å²) >= 11 is 0. The quantitative estimate of drug-likeness (QED) is 0.812. The molecule has 0 spiro atoms. The number of methoxy groups -OCH3 is 1. The summed E-state index contributed by atoms with van der Waals surface area (Å²) < 4.78 is 11.2. The normalized spacial score (nSPS) is 16.8. The molecule has 0 amide bonds. The van der Waals surface area contributed by atoms with Crippen LogP contribution in [0, 0.1) is 0 Å². The van der Waals surface area contributed by atoms with Gasteiger partial charge >= 0.3 is 0 Å². The van der Waals surface area contributed by atoms with E-state index in [9.17, 15) is 0 Å². The predicted octanol–water partition coefficient (Wildman–Crippen LogP) is 2.73. The molecule has 112 valence electrons. The van der Waals surface area contributed by atoms with Crippen LogP contribution in [-0.2, 0) is 10.2 Å². The van der Waals surface area contributed by atoms with Crippen LogP contribution in [0.2, 0.25) is 0 Å². The van der Waals surface area contributed by atoms with Crippen molar-refractivity contribution in [3.8, 4) is 0 Å². The summed E-state index contributed by atoms with van der Waals surface area (Å²) in [5.41, 5.74) is 3.82. The molecule has 2 aromatic rings. The number of ether oxygens (including phenoxy) is 1. The number of rotatable bonds is 1. The van der Waals surface area contributed by atoms with Crippen LogP contribution >= 0.6 is 0 Å². The Morgan fingerprint density at radius 2 is 2.05 bits per heavy atom. The summed E-state index contributed by atoms with van der Waals surface area (Å²) in [6, 6.07) is 4.08. The van der Waals surface area contributed by atoms with Gasteiger partial charge in [-0.3, -0.25) is 0 Å². The summed E-state index contributed by atoms with van der Waals surface area (Å²) in [6.45, 7) is 6.30. The van der Waals surface area contributed by atoms with Gasteiger partial charge in [0.05, 0.1) is 18.2 Å². The van der Waals surface area contributed by atoms with E-state index >= 15 is 0 Å². The van der Waals surface area contributed by atoms with Gasteiger partial charge in [-0.05, 0) is 24.1 Å². The smallest absolute Gasteiger partial charge is 0.200 e. The van der Waals surface area contributed by atoms with E-state index < -0.39 is 0 Å².